The van der Waals surface area contributed by atoms with E-state index in [1.54, 1.807) is 0 Å². The van der Waals surface area contributed by atoms with Crippen molar-refractivity contribution in [3.8, 4) is 0 Å². The summed E-state index contributed by atoms with van der Waals surface area (Å²) in [5.74, 6) is 0. The Hall–Kier alpha value is -0.570. The molecule has 1 aliphatic heterocycles. The zero-order chi connectivity index (χ0) is 13.0. The lowest BCUT2D eigenvalue weighted by molar-refractivity contribution is 0.0258. The molecule has 1 N–H and O–H groups in total. The first-order valence-corrected chi connectivity index (χ1v) is 7.18. The van der Waals surface area contributed by atoms with Crippen LogP contribution >= 0.6 is 11.6 Å². The molecule has 1 heterocycles. The van der Waals surface area contributed by atoms with E-state index in [-0.39, 0.29) is 0 Å². The van der Waals surface area contributed by atoms with Crippen LogP contribution in [0.5, 0.6) is 0 Å². The molecule has 2 nitrogen and oxygen atoms in total. The fraction of sp³-hybridized carbons (Fsp3) is 0.600. The van der Waals surface area contributed by atoms with Crippen molar-refractivity contribution in [2.24, 2.45) is 0 Å². The standard InChI is InChI=1S/C15H22ClNO/c1-2-17-9-4-7-15(18,8-10-17)12-13-5-3-6-14(16)11-13/h3,5-6,11,18H,2,4,7-10,12H2,1H3. The molecule has 1 aromatic rings. The monoisotopic (exact) mass is 267 g/mol. The second-order valence-electron chi connectivity index (χ2n) is 5.32. The van der Waals surface area contributed by atoms with Crippen molar-refractivity contribution in [1.29, 1.82) is 0 Å². The number of hydrogen-bond donors (Lipinski definition) is 1. The minimum atomic E-state index is -0.561. The van der Waals surface area contributed by atoms with Crippen LogP contribution in [-0.4, -0.2) is 35.2 Å². The van der Waals surface area contributed by atoms with Crippen LogP contribution in [0.3, 0.4) is 0 Å². The van der Waals surface area contributed by atoms with Crippen LogP contribution in [0.1, 0.15) is 31.7 Å². The van der Waals surface area contributed by atoms with Gasteiger partial charge in [-0.3, -0.25) is 0 Å². The maximum Gasteiger partial charge on any atom is 0.0700 e. The maximum absolute atomic E-state index is 10.7. The fourth-order valence-electron chi connectivity index (χ4n) is 2.75. The van der Waals surface area contributed by atoms with Gasteiger partial charge < -0.3 is 10.0 Å². The molecular formula is C15H22ClNO. The molecule has 3 heteroatoms. The highest BCUT2D eigenvalue weighted by molar-refractivity contribution is 6.30. The Kier molecular flexibility index (Phi) is 4.66. The number of aliphatic hydroxyl groups is 1. The molecule has 1 fully saturated rings. The molecule has 1 atom stereocenters. The molecule has 2 rings (SSSR count). The summed E-state index contributed by atoms with van der Waals surface area (Å²) < 4.78 is 0. The van der Waals surface area contributed by atoms with Crippen molar-refractivity contribution < 1.29 is 5.11 Å². The molecule has 0 spiro atoms. The van der Waals surface area contributed by atoms with Crippen LogP contribution in [0.4, 0.5) is 0 Å². The third-order valence-electron chi connectivity index (χ3n) is 3.88. The lowest BCUT2D eigenvalue weighted by Gasteiger charge is -2.27. The topological polar surface area (TPSA) is 23.5 Å². The summed E-state index contributed by atoms with van der Waals surface area (Å²) in [5, 5.41) is 11.5. The quantitative estimate of drug-likeness (QED) is 0.910. The first-order valence-electron chi connectivity index (χ1n) is 6.80. The highest BCUT2D eigenvalue weighted by Gasteiger charge is 2.29. The lowest BCUT2D eigenvalue weighted by atomic mass is 9.88. The fourth-order valence-corrected chi connectivity index (χ4v) is 2.97. The molecule has 1 aromatic carbocycles. The van der Waals surface area contributed by atoms with Gasteiger partial charge in [-0.1, -0.05) is 30.7 Å². The molecule has 0 radical (unpaired) electrons. The Morgan fingerprint density at radius 2 is 2.17 bits per heavy atom. The van der Waals surface area contributed by atoms with Crippen molar-refractivity contribution in [1.82, 2.24) is 4.90 Å². The first kappa shape index (κ1) is 13.9. The van der Waals surface area contributed by atoms with Gasteiger partial charge in [0.1, 0.15) is 0 Å². The molecule has 1 unspecified atom stereocenters. The summed E-state index contributed by atoms with van der Waals surface area (Å²) in [5.41, 5.74) is 0.573. The highest BCUT2D eigenvalue weighted by Crippen LogP contribution is 2.27. The van der Waals surface area contributed by atoms with Gasteiger partial charge >= 0.3 is 0 Å². The van der Waals surface area contributed by atoms with Crippen LogP contribution < -0.4 is 0 Å². The maximum atomic E-state index is 10.7. The molecule has 0 bridgehead atoms. The number of hydrogen-bond acceptors (Lipinski definition) is 2. The molecule has 0 aliphatic carbocycles. The normalized spacial score (nSPS) is 25.9. The average molecular weight is 268 g/mol. The van der Waals surface area contributed by atoms with E-state index in [0.29, 0.717) is 6.42 Å². The Labute approximate surface area is 115 Å². The summed E-state index contributed by atoms with van der Waals surface area (Å²) in [6.45, 7) is 5.36. The summed E-state index contributed by atoms with van der Waals surface area (Å²) >= 11 is 6.00. The molecule has 1 aliphatic rings. The second-order valence-corrected chi connectivity index (χ2v) is 5.76. The zero-order valence-corrected chi connectivity index (χ0v) is 11.8. The van der Waals surface area contributed by atoms with E-state index >= 15 is 0 Å². The molecule has 100 valence electrons. The van der Waals surface area contributed by atoms with Gasteiger partial charge in [-0.15, -0.1) is 0 Å². The summed E-state index contributed by atoms with van der Waals surface area (Å²) in [7, 11) is 0. The Balaban J connectivity index is 2.02. The van der Waals surface area contributed by atoms with Gasteiger partial charge in [0.15, 0.2) is 0 Å². The van der Waals surface area contributed by atoms with Crippen molar-refractivity contribution in [3.63, 3.8) is 0 Å². The van der Waals surface area contributed by atoms with E-state index in [9.17, 15) is 5.11 Å². The van der Waals surface area contributed by atoms with Crippen LogP contribution in [0.25, 0.3) is 0 Å². The zero-order valence-electron chi connectivity index (χ0n) is 11.0. The lowest BCUT2D eigenvalue weighted by Crippen LogP contribution is -2.33. The Morgan fingerprint density at radius 1 is 1.33 bits per heavy atom. The van der Waals surface area contributed by atoms with Crippen molar-refractivity contribution in [2.45, 2.75) is 38.2 Å². The van der Waals surface area contributed by atoms with E-state index < -0.39 is 5.60 Å². The molecule has 0 aromatic heterocycles. The number of halogens is 1. The molecular weight excluding hydrogens is 246 g/mol. The first-order chi connectivity index (χ1) is 8.61. The van der Waals surface area contributed by atoms with E-state index in [2.05, 4.69) is 11.8 Å². The van der Waals surface area contributed by atoms with Crippen molar-refractivity contribution in [3.05, 3.63) is 34.9 Å². The van der Waals surface area contributed by atoms with Gasteiger partial charge in [-0.25, -0.2) is 0 Å². The molecule has 18 heavy (non-hydrogen) atoms. The number of benzene rings is 1. The van der Waals surface area contributed by atoms with E-state index in [4.69, 9.17) is 11.6 Å². The van der Waals surface area contributed by atoms with E-state index in [1.165, 1.54) is 0 Å². The largest absolute Gasteiger partial charge is 0.389 e. The van der Waals surface area contributed by atoms with Gasteiger partial charge in [-0.05, 0) is 50.0 Å². The van der Waals surface area contributed by atoms with Gasteiger partial charge in [0.25, 0.3) is 0 Å². The smallest absolute Gasteiger partial charge is 0.0700 e. The van der Waals surface area contributed by atoms with Crippen molar-refractivity contribution in [2.75, 3.05) is 19.6 Å². The molecule has 0 amide bonds. The SMILES string of the molecule is CCN1CCCC(O)(Cc2cccc(Cl)c2)CC1. The predicted octanol–water partition coefficient (Wildman–Crippen LogP) is 3.12. The summed E-state index contributed by atoms with van der Waals surface area (Å²) in [4.78, 5) is 2.41. The predicted molar refractivity (Wildman–Crippen MR) is 76.1 cm³/mol. The van der Waals surface area contributed by atoms with Gasteiger partial charge in [0.2, 0.25) is 0 Å². The van der Waals surface area contributed by atoms with Crippen LogP contribution in [0.15, 0.2) is 24.3 Å². The van der Waals surface area contributed by atoms with Crippen LogP contribution in [0.2, 0.25) is 5.02 Å². The summed E-state index contributed by atoms with van der Waals surface area (Å²) in [6.07, 6.45) is 3.53. The van der Waals surface area contributed by atoms with E-state index in [1.807, 2.05) is 24.3 Å². The third kappa shape index (κ3) is 3.71. The van der Waals surface area contributed by atoms with Gasteiger partial charge in [0.05, 0.1) is 5.60 Å². The number of likely N-dealkylation sites (tertiary alicyclic amines) is 1. The molecule has 0 saturated carbocycles. The van der Waals surface area contributed by atoms with Gasteiger partial charge in [-0.2, -0.15) is 0 Å². The van der Waals surface area contributed by atoms with E-state index in [0.717, 1.165) is 49.5 Å². The Bertz CT molecular complexity index is 396. The number of nitrogens with zero attached hydrogens (tertiary/aromatic N) is 1. The minimum absolute atomic E-state index is 0.561. The van der Waals surface area contributed by atoms with Gasteiger partial charge in [0, 0.05) is 18.0 Å². The number of rotatable bonds is 3. The second kappa shape index (κ2) is 6.05. The van der Waals surface area contributed by atoms with Crippen molar-refractivity contribution >= 4 is 11.6 Å². The van der Waals surface area contributed by atoms with Crippen LogP contribution in [-0.2, 0) is 6.42 Å². The third-order valence-corrected chi connectivity index (χ3v) is 4.11. The minimum Gasteiger partial charge on any atom is -0.389 e. The van der Waals surface area contributed by atoms with Crippen LogP contribution in [0, 0.1) is 0 Å². The highest BCUT2D eigenvalue weighted by atomic mass is 35.5. The summed E-state index contributed by atoms with van der Waals surface area (Å²) in [6, 6.07) is 7.84. The molecule has 1 saturated heterocycles. The average Bonchev–Trinajstić information content (AvgIpc) is 2.51. The Morgan fingerprint density at radius 3 is 2.89 bits per heavy atom.